The van der Waals surface area contributed by atoms with Gasteiger partial charge in [0.1, 0.15) is 0 Å². The molecule has 0 saturated carbocycles. The van der Waals surface area contributed by atoms with E-state index in [1.54, 1.807) is 0 Å². The third-order valence-electron chi connectivity index (χ3n) is 2.38. The van der Waals surface area contributed by atoms with Gasteiger partial charge >= 0.3 is 0 Å². The van der Waals surface area contributed by atoms with Crippen LogP contribution in [0.1, 0.15) is 24.5 Å². The molecular formula is C11H13BrO. The summed E-state index contributed by atoms with van der Waals surface area (Å²) in [6.45, 7) is 0.891. The lowest BCUT2D eigenvalue weighted by atomic mass is 10.0. The Kier molecular flexibility index (Phi) is 3.01. The van der Waals surface area contributed by atoms with Gasteiger partial charge in [-0.2, -0.15) is 0 Å². The first-order valence-corrected chi connectivity index (χ1v) is 5.60. The van der Waals surface area contributed by atoms with Crippen LogP contribution in [-0.2, 0) is 4.74 Å². The number of hydrogen-bond acceptors (Lipinski definition) is 1. The van der Waals surface area contributed by atoms with Crippen molar-refractivity contribution in [2.24, 2.45) is 0 Å². The van der Waals surface area contributed by atoms with Crippen LogP contribution in [0.3, 0.4) is 0 Å². The Morgan fingerprint density at radius 1 is 1.23 bits per heavy atom. The smallest absolute Gasteiger partial charge is 0.0949 e. The third-order valence-corrected chi connectivity index (χ3v) is 3.32. The van der Waals surface area contributed by atoms with Crippen molar-refractivity contribution in [1.82, 2.24) is 0 Å². The second-order valence-electron chi connectivity index (χ2n) is 3.36. The normalized spacial score (nSPS) is 28.7. The van der Waals surface area contributed by atoms with Gasteiger partial charge in [-0.1, -0.05) is 46.3 Å². The van der Waals surface area contributed by atoms with Crippen LogP contribution in [0, 0.1) is 0 Å². The molecule has 1 aliphatic heterocycles. The fourth-order valence-electron chi connectivity index (χ4n) is 1.69. The second kappa shape index (κ2) is 4.25. The van der Waals surface area contributed by atoms with E-state index in [1.165, 1.54) is 18.4 Å². The lowest BCUT2D eigenvalue weighted by molar-refractivity contribution is 0.0218. The molecule has 13 heavy (non-hydrogen) atoms. The molecule has 0 N–H and O–H groups in total. The number of benzene rings is 1. The van der Waals surface area contributed by atoms with Gasteiger partial charge < -0.3 is 4.74 Å². The molecule has 1 aromatic carbocycles. The number of halogens is 1. The van der Waals surface area contributed by atoms with Crippen LogP contribution in [0.2, 0.25) is 0 Å². The molecule has 0 spiro atoms. The van der Waals surface area contributed by atoms with Gasteiger partial charge in [-0.05, 0) is 18.4 Å². The molecule has 1 fully saturated rings. The number of ether oxygens (including phenoxy) is 1. The first-order valence-electron chi connectivity index (χ1n) is 4.68. The summed E-state index contributed by atoms with van der Waals surface area (Å²) in [5, 5.41) is 0. The van der Waals surface area contributed by atoms with Crippen molar-refractivity contribution in [3.05, 3.63) is 35.9 Å². The highest BCUT2D eigenvalue weighted by atomic mass is 79.9. The molecule has 1 aromatic rings. The van der Waals surface area contributed by atoms with Crippen molar-refractivity contribution < 1.29 is 4.74 Å². The minimum Gasteiger partial charge on any atom is -0.372 e. The molecule has 0 unspecified atom stereocenters. The summed E-state index contributed by atoms with van der Waals surface area (Å²) in [7, 11) is 0. The maximum Gasteiger partial charge on any atom is 0.0949 e. The zero-order valence-electron chi connectivity index (χ0n) is 7.45. The zero-order chi connectivity index (χ0) is 9.10. The summed E-state index contributed by atoms with van der Waals surface area (Å²) in [5.74, 6) is 0. The Bertz CT molecular complexity index is 260. The average molecular weight is 241 g/mol. The van der Waals surface area contributed by atoms with Gasteiger partial charge in [0, 0.05) is 11.4 Å². The maximum absolute atomic E-state index is 5.73. The van der Waals surface area contributed by atoms with E-state index in [0.717, 1.165) is 6.61 Å². The Balaban J connectivity index is 2.15. The topological polar surface area (TPSA) is 9.23 Å². The summed E-state index contributed by atoms with van der Waals surface area (Å²) >= 11 is 3.67. The molecule has 0 aromatic heterocycles. The van der Waals surface area contributed by atoms with Crippen molar-refractivity contribution in [1.29, 1.82) is 0 Å². The van der Waals surface area contributed by atoms with Gasteiger partial charge in [0.2, 0.25) is 0 Å². The Morgan fingerprint density at radius 3 is 2.69 bits per heavy atom. The second-order valence-corrected chi connectivity index (χ2v) is 4.54. The van der Waals surface area contributed by atoms with Crippen LogP contribution in [-0.4, -0.2) is 11.4 Å². The minimum absolute atomic E-state index is 0.245. The summed E-state index contributed by atoms with van der Waals surface area (Å²) in [4.78, 5) is 0.476. The van der Waals surface area contributed by atoms with E-state index in [2.05, 4.69) is 40.2 Å². The molecule has 2 rings (SSSR count). The highest BCUT2D eigenvalue weighted by molar-refractivity contribution is 9.09. The predicted octanol–water partition coefficient (Wildman–Crippen LogP) is 3.30. The van der Waals surface area contributed by atoms with Gasteiger partial charge in [0.05, 0.1) is 6.10 Å². The van der Waals surface area contributed by atoms with Gasteiger partial charge in [0.25, 0.3) is 0 Å². The summed E-state index contributed by atoms with van der Waals surface area (Å²) < 4.78 is 5.73. The molecule has 1 saturated heterocycles. The monoisotopic (exact) mass is 240 g/mol. The van der Waals surface area contributed by atoms with Crippen molar-refractivity contribution in [2.75, 3.05) is 6.61 Å². The first-order chi connectivity index (χ1) is 6.38. The van der Waals surface area contributed by atoms with Gasteiger partial charge in [-0.15, -0.1) is 0 Å². The molecule has 1 heterocycles. The number of alkyl halides is 1. The molecule has 1 aliphatic rings. The third kappa shape index (κ3) is 2.12. The Labute approximate surface area is 87.2 Å². The molecular weight excluding hydrogens is 228 g/mol. The van der Waals surface area contributed by atoms with Crippen LogP contribution in [0.4, 0.5) is 0 Å². The largest absolute Gasteiger partial charge is 0.372 e. The fourth-order valence-corrected chi connectivity index (χ4v) is 2.47. The van der Waals surface area contributed by atoms with Crippen molar-refractivity contribution >= 4 is 15.9 Å². The highest BCUT2D eigenvalue weighted by Gasteiger charge is 2.24. The van der Waals surface area contributed by atoms with E-state index in [0.29, 0.717) is 4.83 Å². The lowest BCUT2D eigenvalue weighted by Crippen LogP contribution is -2.22. The Hall–Kier alpha value is -0.340. The van der Waals surface area contributed by atoms with E-state index < -0.39 is 0 Å². The molecule has 70 valence electrons. The molecule has 0 aliphatic carbocycles. The van der Waals surface area contributed by atoms with Crippen molar-refractivity contribution in [3.63, 3.8) is 0 Å². The van der Waals surface area contributed by atoms with Crippen molar-refractivity contribution in [2.45, 2.75) is 23.8 Å². The number of rotatable bonds is 1. The maximum atomic E-state index is 5.73. The molecule has 1 nitrogen and oxygen atoms in total. The van der Waals surface area contributed by atoms with Gasteiger partial charge in [-0.3, -0.25) is 0 Å². The van der Waals surface area contributed by atoms with E-state index in [-0.39, 0.29) is 6.10 Å². The van der Waals surface area contributed by atoms with Crippen molar-refractivity contribution in [3.8, 4) is 0 Å². The standard InChI is InChI=1S/C11H13BrO/c12-10-7-4-8-13-11(10)9-5-2-1-3-6-9/h1-3,5-6,10-11H,4,7-8H2/t10-,11+/m0/s1. The van der Waals surface area contributed by atoms with Gasteiger partial charge in [0.15, 0.2) is 0 Å². The SMILES string of the molecule is Br[C@H]1CCCO[C@@H]1c1ccccc1. The van der Waals surface area contributed by atoms with Crippen LogP contribution in [0.15, 0.2) is 30.3 Å². The summed E-state index contributed by atoms with van der Waals surface area (Å²) in [6.07, 6.45) is 2.62. The summed E-state index contributed by atoms with van der Waals surface area (Å²) in [5.41, 5.74) is 1.28. The van der Waals surface area contributed by atoms with Crippen LogP contribution in [0.5, 0.6) is 0 Å². The van der Waals surface area contributed by atoms with E-state index in [4.69, 9.17) is 4.74 Å². The van der Waals surface area contributed by atoms with Crippen LogP contribution < -0.4 is 0 Å². The molecule has 0 radical (unpaired) electrons. The fraction of sp³-hybridized carbons (Fsp3) is 0.455. The predicted molar refractivity (Wildman–Crippen MR) is 57.1 cm³/mol. The van der Waals surface area contributed by atoms with Gasteiger partial charge in [-0.25, -0.2) is 0 Å². The molecule has 0 bridgehead atoms. The lowest BCUT2D eigenvalue weighted by Gasteiger charge is -2.28. The zero-order valence-corrected chi connectivity index (χ0v) is 9.03. The average Bonchev–Trinajstić information content (AvgIpc) is 2.20. The summed E-state index contributed by atoms with van der Waals surface area (Å²) in [6, 6.07) is 10.4. The quantitative estimate of drug-likeness (QED) is 0.685. The minimum atomic E-state index is 0.245. The van der Waals surface area contributed by atoms with E-state index >= 15 is 0 Å². The molecule has 0 amide bonds. The van der Waals surface area contributed by atoms with Crippen LogP contribution >= 0.6 is 15.9 Å². The van der Waals surface area contributed by atoms with E-state index in [1.807, 2.05) is 6.07 Å². The Morgan fingerprint density at radius 2 is 2.00 bits per heavy atom. The van der Waals surface area contributed by atoms with E-state index in [9.17, 15) is 0 Å². The molecule has 2 atom stereocenters. The number of hydrogen-bond donors (Lipinski definition) is 0. The molecule has 2 heteroatoms. The highest BCUT2D eigenvalue weighted by Crippen LogP contribution is 2.32. The first kappa shape index (κ1) is 9.22. The van der Waals surface area contributed by atoms with Crippen LogP contribution in [0.25, 0.3) is 0 Å².